The summed E-state index contributed by atoms with van der Waals surface area (Å²) in [7, 11) is 0. The summed E-state index contributed by atoms with van der Waals surface area (Å²) in [5, 5.41) is 2.74. The molecular weight excluding hydrogens is 500 g/mol. The number of carbonyl (C=O) groups is 1. The Morgan fingerprint density at radius 1 is 1.03 bits per heavy atom. The number of carbonyl (C=O) groups excluding carboxylic acids is 1. The van der Waals surface area contributed by atoms with Crippen molar-refractivity contribution >= 4 is 21.8 Å². The van der Waals surface area contributed by atoms with Gasteiger partial charge in [0, 0.05) is 53.4 Å². The fourth-order valence-electron chi connectivity index (χ4n) is 8.71. The highest BCUT2D eigenvalue weighted by atomic mass is 79.9. The molecule has 0 aromatic heterocycles. The lowest BCUT2D eigenvalue weighted by Gasteiger charge is -2.48. The monoisotopic (exact) mass is 550 g/mol. The number of halogens is 1. The minimum absolute atomic E-state index is 0.0733. The molecule has 200 valence electrons. The molecule has 0 spiro atoms. The van der Waals surface area contributed by atoms with Crippen LogP contribution in [-0.2, 0) is 4.79 Å². The molecule has 8 unspecified atom stereocenters. The zero-order valence-corrected chi connectivity index (χ0v) is 24.1. The summed E-state index contributed by atoms with van der Waals surface area (Å²) in [6.45, 7) is 7.66. The number of amides is 1. The first-order valence-corrected chi connectivity index (χ1v) is 16.1. The Balaban J connectivity index is 1.31. The Bertz CT molecular complexity index is 721. The van der Waals surface area contributed by atoms with E-state index in [9.17, 15) is 4.79 Å². The van der Waals surface area contributed by atoms with E-state index >= 15 is 0 Å². The first kappa shape index (κ1) is 26.4. The maximum Gasteiger partial charge on any atom is 0.226 e. The van der Waals surface area contributed by atoms with Gasteiger partial charge in [0.05, 0.1) is 0 Å². The molecule has 3 aliphatic carbocycles. The maximum absolute atomic E-state index is 14.1. The number of rotatable bonds is 7. The van der Waals surface area contributed by atoms with E-state index in [1.54, 1.807) is 0 Å². The molecule has 3 N–H and O–H groups in total. The van der Waals surface area contributed by atoms with Gasteiger partial charge < -0.3 is 10.6 Å². The van der Waals surface area contributed by atoms with Crippen LogP contribution in [0.1, 0.15) is 104 Å². The molecule has 2 saturated heterocycles. The number of nitrogens with one attached hydrogen (secondary N) is 1. The average molecular weight is 552 g/mol. The van der Waals surface area contributed by atoms with Gasteiger partial charge in [-0.2, -0.15) is 0 Å². The van der Waals surface area contributed by atoms with Gasteiger partial charge in [0.2, 0.25) is 5.91 Å². The molecule has 0 aromatic carbocycles. The van der Waals surface area contributed by atoms with Crippen LogP contribution in [0, 0.1) is 29.6 Å². The predicted molar refractivity (Wildman–Crippen MR) is 147 cm³/mol. The summed E-state index contributed by atoms with van der Waals surface area (Å²) < 4.78 is 0. The van der Waals surface area contributed by atoms with Crippen molar-refractivity contribution in [3.05, 3.63) is 0 Å². The molecular formula is C29H51BrN4O. The largest absolute Gasteiger partial charge is 0.339 e. The number of piperidine rings is 1. The molecule has 0 aromatic rings. The molecule has 35 heavy (non-hydrogen) atoms. The SMILES string of the molecule is CCCC1NN(C2CCC(C3CC3)CC2)C2CCN(C(=O)C3CCC(Br)CC3C(C)N)C(CC)C12. The third kappa shape index (κ3) is 5.38. The number of nitrogens with two attached hydrogens (primary N) is 1. The zero-order valence-electron chi connectivity index (χ0n) is 22.5. The fourth-order valence-corrected chi connectivity index (χ4v) is 9.41. The zero-order chi connectivity index (χ0) is 24.7. The lowest BCUT2D eigenvalue weighted by atomic mass is 9.73. The minimum atomic E-state index is 0.0733. The van der Waals surface area contributed by atoms with Gasteiger partial charge in [-0.1, -0.05) is 36.2 Å². The summed E-state index contributed by atoms with van der Waals surface area (Å²) in [4.78, 5) is 17.0. The van der Waals surface area contributed by atoms with Crippen LogP contribution >= 0.6 is 15.9 Å². The van der Waals surface area contributed by atoms with E-state index in [1.807, 2.05) is 0 Å². The molecule has 6 heteroatoms. The second-order valence-electron chi connectivity index (χ2n) is 12.8. The third-order valence-electron chi connectivity index (χ3n) is 10.6. The van der Waals surface area contributed by atoms with Crippen molar-refractivity contribution in [3.63, 3.8) is 0 Å². The van der Waals surface area contributed by atoms with E-state index in [4.69, 9.17) is 5.73 Å². The Morgan fingerprint density at radius 3 is 2.31 bits per heavy atom. The summed E-state index contributed by atoms with van der Waals surface area (Å²) in [5.41, 5.74) is 10.5. The number of hydrogen-bond acceptors (Lipinski definition) is 4. The Kier molecular flexibility index (Phi) is 8.53. The number of alkyl halides is 1. The summed E-state index contributed by atoms with van der Waals surface area (Å²) in [6, 6.07) is 2.22. The van der Waals surface area contributed by atoms with Crippen molar-refractivity contribution in [1.29, 1.82) is 0 Å². The summed E-state index contributed by atoms with van der Waals surface area (Å²) in [5.74, 6) is 3.42. The van der Waals surface area contributed by atoms with Gasteiger partial charge in [0.1, 0.15) is 0 Å². The van der Waals surface area contributed by atoms with Crippen LogP contribution in [0.3, 0.4) is 0 Å². The molecule has 0 bridgehead atoms. The van der Waals surface area contributed by atoms with Crippen LogP contribution in [0.15, 0.2) is 0 Å². The van der Waals surface area contributed by atoms with Gasteiger partial charge in [0.15, 0.2) is 0 Å². The Hall–Kier alpha value is -0.170. The summed E-state index contributed by atoms with van der Waals surface area (Å²) in [6.07, 6.45) is 16.3. The quantitative estimate of drug-likeness (QED) is 0.412. The van der Waals surface area contributed by atoms with Crippen LogP contribution in [0.5, 0.6) is 0 Å². The molecule has 2 aliphatic heterocycles. The standard InChI is InChI=1S/C29H51BrN4O/c1-4-6-25-28-26(5-2)33(29(35)23-14-11-21(30)17-24(23)18(3)31)16-15-27(28)34(32-25)22-12-9-20(10-13-22)19-7-8-19/h18-28,32H,4-17,31H2,1-3H3. The molecule has 5 fully saturated rings. The van der Waals surface area contributed by atoms with Gasteiger partial charge >= 0.3 is 0 Å². The van der Waals surface area contributed by atoms with Crippen LogP contribution in [0.4, 0.5) is 0 Å². The van der Waals surface area contributed by atoms with Crippen LogP contribution in [0.25, 0.3) is 0 Å². The summed E-state index contributed by atoms with van der Waals surface area (Å²) >= 11 is 3.82. The number of fused-ring (bicyclic) bond motifs is 1. The number of nitrogens with zero attached hydrogens (tertiary/aromatic N) is 2. The van der Waals surface area contributed by atoms with Gasteiger partial charge in [-0.25, -0.2) is 5.01 Å². The minimum Gasteiger partial charge on any atom is -0.339 e. The van der Waals surface area contributed by atoms with Crippen molar-refractivity contribution in [2.24, 2.45) is 35.3 Å². The first-order valence-electron chi connectivity index (χ1n) is 15.2. The number of likely N-dealkylation sites (tertiary alicyclic amines) is 1. The first-order chi connectivity index (χ1) is 16.9. The van der Waals surface area contributed by atoms with E-state index in [2.05, 4.69) is 52.0 Å². The van der Waals surface area contributed by atoms with Crippen molar-refractivity contribution in [1.82, 2.24) is 15.3 Å². The molecule has 5 aliphatic rings. The highest BCUT2D eigenvalue weighted by molar-refractivity contribution is 9.09. The van der Waals surface area contributed by atoms with Crippen LogP contribution in [0.2, 0.25) is 0 Å². The van der Waals surface area contributed by atoms with Crippen LogP contribution in [-0.4, -0.2) is 57.4 Å². The van der Waals surface area contributed by atoms with Crippen molar-refractivity contribution < 1.29 is 4.79 Å². The van der Waals surface area contributed by atoms with Crippen molar-refractivity contribution in [2.75, 3.05) is 6.54 Å². The Labute approximate surface area is 222 Å². The second kappa shape index (κ2) is 11.3. The van der Waals surface area contributed by atoms with Crippen molar-refractivity contribution in [2.45, 2.75) is 139 Å². The molecule has 3 saturated carbocycles. The maximum atomic E-state index is 14.1. The van der Waals surface area contributed by atoms with Gasteiger partial charge in [-0.05, 0) is 102 Å². The normalized spacial score (nSPS) is 43.7. The van der Waals surface area contributed by atoms with Gasteiger partial charge in [0.25, 0.3) is 0 Å². The van der Waals surface area contributed by atoms with Gasteiger partial charge in [-0.15, -0.1) is 0 Å². The topological polar surface area (TPSA) is 61.6 Å². The molecule has 1 amide bonds. The highest BCUT2D eigenvalue weighted by Gasteiger charge is 2.53. The van der Waals surface area contributed by atoms with E-state index in [-0.39, 0.29) is 12.0 Å². The molecule has 5 rings (SSSR count). The molecule has 5 nitrogen and oxygen atoms in total. The van der Waals surface area contributed by atoms with E-state index < -0.39 is 0 Å². The second-order valence-corrected chi connectivity index (χ2v) is 14.1. The average Bonchev–Trinajstić information content (AvgIpc) is 3.65. The lowest BCUT2D eigenvalue weighted by molar-refractivity contribution is -0.145. The van der Waals surface area contributed by atoms with Gasteiger partial charge in [-0.3, -0.25) is 10.2 Å². The third-order valence-corrected chi connectivity index (χ3v) is 11.5. The smallest absolute Gasteiger partial charge is 0.226 e. The fraction of sp³-hybridized carbons (Fsp3) is 0.966. The predicted octanol–water partition coefficient (Wildman–Crippen LogP) is 5.47. The molecule has 0 radical (unpaired) electrons. The molecule has 2 heterocycles. The molecule has 8 atom stereocenters. The van der Waals surface area contributed by atoms with E-state index in [0.717, 1.165) is 50.5 Å². The Morgan fingerprint density at radius 2 is 1.71 bits per heavy atom. The number of hydrogen-bond donors (Lipinski definition) is 2. The lowest BCUT2D eigenvalue weighted by Crippen LogP contribution is -2.59. The van der Waals surface area contributed by atoms with Crippen molar-refractivity contribution in [3.8, 4) is 0 Å². The van der Waals surface area contributed by atoms with E-state index in [0.29, 0.717) is 46.7 Å². The van der Waals surface area contributed by atoms with Crippen LogP contribution < -0.4 is 11.2 Å². The highest BCUT2D eigenvalue weighted by Crippen LogP contribution is 2.47. The number of hydrazine groups is 1. The van der Waals surface area contributed by atoms with E-state index in [1.165, 1.54) is 51.4 Å².